The maximum Gasteiger partial charge on any atom is 0.266 e. The smallest absolute Gasteiger partial charge is 0.266 e. The lowest BCUT2D eigenvalue weighted by Crippen LogP contribution is -2.30. The standard InChI is InChI=1S/C19H21N5OS/c20-24-18(25)14-11-15(12-7-3-1-4-8-12)22-17-16(14)26-19(23-17)21-13-9-5-2-6-10-13/h1,3-4,7-8,11,13H,2,5-6,9-10,20H2,(H,24,25)(H,21,22,23). The molecule has 4 N–H and O–H groups in total. The van der Waals surface area contributed by atoms with E-state index in [1.165, 1.54) is 30.6 Å². The molecule has 3 aromatic rings. The Bertz CT molecular complexity index is 918. The van der Waals surface area contributed by atoms with Gasteiger partial charge in [0.1, 0.15) is 0 Å². The zero-order chi connectivity index (χ0) is 17.9. The van der Waals surface area contributed by atoms with E-state index in [0.29, 0.717) is 22.9 Å². The molecule has 1 aliphatic carbocycles. The molecule has 1 amide bonds. The van der Waals surface area contributed by atoms with Gasteiger partial charge in [-0.3, -0.25) is 10.2 Å². The number of carbonyl (C=O) groups is 1. The van der Waals surface area contributed by atoms with Crippen LogP contribution in [-0.4, -0.2) is 21.9 Å². The number of carbonyl (C=O) groups excluding carboxylic acids is 1. The van der Waals surface area contributed by atoms with Gasteiger partial charge in [-0.15, -0.1) is 0 Å². The van der Waals surface area contributed by atoms with E-state index in [1.54, 1.807) is 6.07 Å². The Balaban J connectivity index is 1.75. The largest absolute Gasteiger partial charge is 0.359 e. The highest BCUT2D eigenvalue weighted by atomic mass is 32.1. The molecular formula is C19H21N5OS. The Morgan fingerprint density at radius 1 is 1.12 bits per heavy atom. The van der Waals surface area contributed by atoms with Gasteiger partial charge in [0, 0.05) is 11.6 Å². The maximum absolute atomic E-state index is 12.3. The number of rotatable bonds is 4. The van der Waals surface area contributed by atoms with Crippen LogP contribution in [-0.2, 0) is 0 Å². The van der Waals surface area contributed by atoms with Crippen molar-refractivity contribution in [2.75, 3.05) is 5.32 Å². The second-order valence-electron chi connectivity index (χ2n) is 6.55. The number of hydrazine groups is 1. The van der Waals surface area contributed by atoms with E-state index in [9.17, 15) is 4.79 Å². The molecule has 7 heteroatoms. The highest BCUT2D eigenvalue weighted by molar-refractivity contribution is 7.22. The van der Waals surface area contributed by atoms with Crippen LogP contribution in [0.3, 0.4) is 0 Å². The monoisotopic (exact) mass is 367 g/mol. The lowest BCUT2D eigenvalue weighted by atomic mass is 9.96. The number of nitrogens with two attached hydrogens (primary N) is 1. The Morgan fingerprint density at radius 2 is 1.88 bits per heavy atom. The molecule has 0 aliphatic heterocycles. The molecule has 1 aliphatic rings. The van der Waals surface area contributed by atoms with E-state index in [2.05, 4.69) is 20.7 Å². The molecule has 1 saturated carbocycles. The number of nitrogen functional groups attached to an aromatic ring is 1. The number of aromatic nitrogens is 2. The average molecular weight is 367 g/mol. The number of fused-ring (bicyclic) bond motifs is 1. The lowest BCUT2D eigenvalue weighted by molar-refractivity contribution is 0.0955. The fraction of sp³-hybridized carbons (Fsp3) is 0.316. The van der Waals surface area contributed by atoms with Gasteiger partial charge >= 0.3 is 0 Å². The zero-order valence-corrected chi connectivity index (χ0v) is 15.2. The normalized spacial score (nSPS) is 15.1. The van der Waals surface area contributed by atoms with Crippen LogP contribution in [0.15, 0.2) is 36.4 Å². The lowest BCUT2D eigenvalue weighted by Gasteiger charge is -2.22. The minimum absolute atomic E-state index is 0.331. The van der Waals surface area contributed by atoms with Crippen molar-refractivity contribution in [1.82, 2.24) is 15.4 Å². The summed E-state index contributed by atoms with van der Waals surface area (Å²) in [7, 11) is 0. The summed E-state index contributed by atoms with van der Waals surface area (Å²) in [4.78, 5) is 21.6. The van der Waals surface area contributed by atoms with E-state index in [0.717, 1.165) is 28.2 Å². The van der Waals surface area contributed by atoms with Crippen molar-refractivity contribution in [3.63, 3.8) is 0 Å². The second-order valence-corrected chi connectivity index (χ2v) is 7.54. The molecule has 2 heterocycles. The van der Waals surface area contributed by atoms with Gasteiger partial charge in [-0.05, 0) is 18.9 Å². The summed E-state index contributed by atoms with van der Waals surface area (Å²) in [5.41, 5.74) is 4.97. The Hall–Kier alpha value is -2.51. The summed E-state index contributed by atoms with van der Waals surface area (Å²) >= 11 is 1.46. The second kappa shape index (κ2) is 7.39. The van der Waals surface area contributed by atoms with Crippen LogP contribution in [0.5, 0.6) is 0 Å². The Kier molecular flexibility index (Phi) is 4.81. The van der Waals surface area contributed by atoms with Crippen LogP contribution in [0, 0.1) is 0 Å². The first-order valence-electron chi connectivity index (χ1n) is 8.89. The van der Waals surface area contributed by atoms with E-state index < -0.39 is 0 Å². The first-order chi connectivity index (χ1) is 12.7. The van der Waals surface area contributed by atoms with Crippen molar-refractivity contribution in [3.8, 4) is 11.3 Å². The first kappa shape index (κ1) is 16.9. The Labute approximate surface area is 155 Å². The molecule has 0 unspecified atom stereocenters. The first-order valence-corrected chi connectivity index (χ1v) is 9.71. The predicted octanol–water partition coefficient (Wildman–Crippen LogP) is 3.71. The number of benzene rings is 1. The summed E-state index contributed by atoms with van der Waals surface area (Å²) in [6.45, 7) is 0. The molecule has 1 fully saturated rings. The number of hydrogen-bond donors (Lipinski definition) is 3. The summed E-state index contributed by atoms with van der Waals surface area (Å²) in [6, 6.07) is 12.0. The molecule has 4 rings (SSSR count). The van der Waals surface area contributed by atoms with Crippen molar-refractivity contribution < 1.29 is 4.79 Å². The zero-order valence-electron chi connectivity index (χ0n) is 14.4. The summed E-state index contributed by atoms with van der Waals surface area (Å²) in [5, 5.41) is 4.33. The van der Waals surface area contributed by atoms with Crippen LogP contribution in [0.2, 0.25) is 0 Å². The number of hydrogen-bond acceptors (Lipinski definition) is 6. The van der Waals surface area contributed by atoms with Gasteiger partial charge < -0.3 is 5.32 Å². The van der Waals surface area contributed by atoms with E-state index >= 15 is 0 Å². The maximum atomic E-state index is 12.3. The van der Waals surface area contributed by atoms with Crippen LogP contribution < -0.4 is 16.6 Å². The number of thiazole rings is 1. The number of pyridine rings is 1. The third kappa shape index (κ3) is 3.40. The minimum atomic E-state index is -0.331. The predicted molar refractivity (Wildman–Crippen MR) is 105 cm³/mol. The molecule has 0 radical (unpaired) electrons. The molecule has 26 heavy (non-hydrogen) atoms. The highest BCUT2D eigenvalue weighted by Crippen LogP contribution is 2.32. The van der Waals surface area contributed by atoms with Gasteiger partial charge in [-0.2, -0.15) is 0 Å². The fourth-order valence-electron chi connectivity index (χ4n) is 3.40. The SMILES string of the molecule is NNC(=O)c1cc(-c2ccccc2)nc2nc(NC3CCCCC3)sc12. The summed E-state index contributed by atoms with van der Waals surface area (Å²) < 4.78 is 0.756. The third-order valence-corrected chi connectivity index (χ3v) is 5.75. The van der Waals surface area contributed by atoms with Crippen molar-refractivity contribution in [2.45, 2.75) is 38.1 Å². The van der Waals surface area contributed by atoms with Crippen molar-refractivity contribution in [1.29, 1.82) is 0 Å². The molecule has 0 bridgehead atoms. The quantitative estimate of drug-likeness (QED) is 0.371. The third-order valence-electron chi connectivity index (χ3n) is 4.74. The fourth-order valence-corrected chi connectivity index (χ4v) is 4.39. The number of amides is 1. The van der Waals surface area contributed by atoms with Crippen molar-refractivity contribution in [2.24, 2.45) is 5.84 Å². The molecular weight excluding hydrogens is 346 g/mol. The molecule has 1 aromatic carbocycles. The number of anilines is 1. The topological polar surface area (TPSA) is 92.9 Å². The van der Waals surface area contributed by atoms with Gasteiger partial charge in [0.2, 0.25) is 0 Å². The highest BCUT2D eigenvalue weighted by Gasteiger charge is 2.19. The van der Waals surface area contributed by atoms with Crippen LogP contribution >= 0.6 is 11.3 Å². The van der Waals surface area contributed by atoms with Crippen molar-refractivity contribution >= 4 is 32.7 Å². The van der Waals surface area contributed by atoms with Crippen LogP contribution in [0.25, 0.3) is 21.6 Å². The molecule has 0 atom stereocenters. The molecule has 0 spiro atoms. The van der Waals surface area contributed by atoms with Gasteiger partial charge in [0.25, 0.3) is 5.91 Å². The summed E-state index contributed by atoms with van der Waals surface area (Å²) in [6.07, 6.45) is 6.13. The average Bonchev–Trinajstić information content (AvgIpc) is 3.10. The van der Waals surface area contributed by atoms with Crippen LogP contribution in [0.1, 0.15) is 42.5 Å². The minimum Gasteiger partial charge on any atom is -0.359 e. The summed E-state index contributed by atoms with van der Waals surface area (Å²) in [5.74, 6) is 5.06. The van der Waals surface area contributed by atoms with E-state index in [-0.39, 0.29) is 5.91 Å². The molecule has 134 valence electrons. The van der Waals surface area contributed by atoms with Crippen LogP contribution in [0.4, 0.5) is 5.13 Å². The number of nitrogens with one attached hydrogen (secondary N) is 2. The molecule has 6 nitrogen and oxygen atoms in total. The molecule has 0 saturated heterocycles. The van der Waals surface area contributed by atoms with Gasteiger partial charge in [0.15, 0.2) is 10.8 Å². The van der Waals surface area contributed by atoms with E-state index in [4.69, 9.17) is 5.84 Å². The Morgan fingerprint density at radius 3 is 2.62 bits per heavy atom. The van der Waals surface area contributed by atoms with Gasteiger partial charge in [-0.25, -0.2) is 15.8 Å². The van der Waals surface area contributed by atoms with Crippen molar-refractivity contribution in [3.05, 3.63) is 42.0 Å². The molecule has 2 aromatic heterocycles. The van der Waals surface area contributed by atoms with E-state index in [1.807, 2.05) is 30.3 Å². The van der Waals surface area contributed by atoms with Gasteiger partial charge in [-0.1, -0.05) is 60.9 Å². The number of nitrogens with zero attached hydrogens (tertiary/aromatic N) is 2. The van der Waals surface area contributed by atoms with Gasteiger partial charge in [0.05, 0.1) is 16.0 Å².